The summed E-state index contributed by atoms with van der Waals surface area (Å²) in [5.74, 6) is 0.973. The van der Waals surface area contributed by atoms with Crippen LogP contribution in [0, 0.1) is 17.2 Å². The highest BCUT2D eigenvalue weighted by atomic mass is 15.2. The molecule has 1 aliphatic carbocycles. The minimum absolute atomic E-state index is 0.446. The molecule has 0 spiro atoms. The molecule has 2 fully saturated rings. The van der Waals surface area contributed by atoms with E-state index in [0.717, 1.165) is 17.5 Å². The van der Waals surface area contributed by atoms with E-state index in [1.807, 2.05) is 12.1 Å². The van der Waals surface area contributed by atoms with Gasteiger partial charge in [-0.1, -0.05) is 12.1 Å². The molecule has 1 atom stereocenters. The summed E-state index contributed by atoms with van der Waals surface area (Å²) in [5.41, 5.74) is 2.06. The second-order valence-electron chi connectivity index (χ2n) is 6.57. The second-order valence-corrected chi connectivity index (χ2v) is 6.57. The van der Waals surface area contributed by atoms with Gasteiger partial charge in [0.25, 0.3) is 0 Å². The van der Waals surface area contributed by atoms with Gasteiger partial charge in [0.1, 0.15) is 0 Å². The molecule has 1 aliphatic heterocycles. The maximum atomic E-state index is 8.87. The SMILES string of the molecule is CC(c1ccc(C#N)cc1)N1CCC(NCC2CC2)CC1. The molecule has 0 bridgehead atoms. The third kappa shape index (κ3) is 3.84. The van der Waals surface area contributed by atoms with Crippen molar-refractivity contribution < 1.29 is 0 Å². The first-order valence-corrected chi connectivity index (χ1v) is 8.24. The molecule has 1 aromatic rings. The standard InChI is InChI=1S/C18H25N3/c1-14(17-6-4-15(12-19)5-7-17)21-10-8-18(9-11-21)20-13-16-2-3-16/h4-7,14,16,18,20H,2-3,8-11,13H2,1H3. The Labute approximate surface area is 128 Å². The predicted molar refractivity (Wildman–Crippen MR) is 84.9 cm³/mol. The van der Waals surface area contributed by atoms with Crippen molar-refractivity contribution in [3.8, 4) is 6.07 Å². The molecular formula is C18H25N3. The molecule has 1 aromatic carbocycles. The highest BCUT2D eigenvalue weighted by Gasteiger charge is 2.26. The molecular weight excluding hydrogens is 258 g/mol. The van der Waals surface area contributed by atoms with Crippen LogP contribution in [0.5, 0.6) is 0 Å². The van der Waals surface area contributed by atoms with Crippen LogP contribution >= 0.6 is 0 Å². The van der Waals surface area contributed by atoms with Gasteiger partial charge in [-0.15, -0.1) is 0 Å². The topological polar surface area (TPSA) is 39.1 Å². The molecule has 1 saturated carbocycles. The summed E-state index contributed by atoms with van der Waals surface area (Å²) in [6.45, 7) is 5.85. The quantitative estimate of drug-likeness (QED) is 0.902. The van der Waals surface area contributed by atoms with Gasteiger partial charge in [-0.2, -0.15) is 5.26 Å². The van der Waals surface area contributed by atoms with Crippen LogP contribution in [-0.2, 0) is 0 Å². The molecule has 112 valence electrons. The lowest BCUT2D eigenvalue weighted by atomic mass is 9.99. The number of nitriles is 1. The minimum Gasteiger partial charge on any atom is -0.314 e. The van der Waals surface area contributed by atoms with Crippen molar-refractivity contribution in [2.24, 2.45) is 5.92 Å². The Morgan fingerprint density at radius 2 is 1.86 bits per heavy atom. The molecule has 0 amide bonds. The van der Waals surface area contributed by atoms with E-state index in [2.05, 4.69) is 35.3 Å². The molecule has 0 aromatic heterocycles. The van der Waals surface area contributed by atoms with Gasteiger partial charge in [0.2, 0.25) is 0 Å². The average molecular weight is 283 g/mol. The average Bonchev–Trinajstić information content (AvgIpc) is 3.37. The van der Waals surface area contributed by atoms with Crippen molar-refractivity contribution in [3.63, 3.8) is 0 Å². The zero-order valence-corrected chi connectivity index (χ0v) is 12.9. The van der Waals surface area contributed by atoms with E-state index in [0.29, 0.717) is 6.04 Å². The number of likely N-dealkylation sites (tertiary alicyclic amines) is 1. The van der Waals surface area contributed by atoms with Crippen LogP contribution < -0.4 is 5.32 Å². The normalized spacial score (nSPS) is 21.9. The largest absolute Gasteiger partial charge is 0.314 e. The highest BCUT2D eigenvalue weighted by Crippen LogP contribution is 2.29. The van der Waals surface area contributed by atoms with E-state index >= 15 is 0 Å². The van der Waals surface area contributed by atoms with E-state index in [9.17, 15) is 0 Å². The summed E-state index contributed by atoms with van der Waals surface area (Å²) in [4.78, 5) is 2.57. The maximum absolute atomic E-state index is 8.87. The van der Waals surface area contributed by atoms with E-state index < -0.39 is 0 Å². The van der Waals surface area contributed by atoms with E-state index in [4.69, 9.17) is 5.26 Å². The van der Waals surface area contributed by atoms with Gasteiger partial charge in [0.15, 0.2) is 0 Å². The van der Waals surface area contributed by atoms with Crippen LogP contribution in [0.15, 0.2) is 24.3 Å². The van der Waals surface area contributed by atoms with E-state index in [-0.39, 0.29) is 0 Å². The fourth-order valence-electron chi connectivity index (χ4n) is 3.19. The Bertz CT molecular complexity index is 490. The lowest BCUT2D eigenvalue weighted by molar-refractivity contribution is 0.152. The first-order valence-electron chi connectivity index (χ1n) is 8.24. The van der Waals surface area contributed by atoms with Crippen molar-refractivity contribution in [1.82, 2.24) is 10.2 Å². The first-order chi connectivity index (χ1) is 10.3. The van der Waals surface area contributed by atoms with Gasteiger partial charge in [-0.3, -0.25) is 4.90 Å². The van der Waals surface area contributed by atoms with Crippen LogP contribution in [0.1, 0.15) is 49.8 Å². The lowest BCUT2D eigenvalue weighted by Gasteiger charge is -2.36. The van der Waals surface area contributed by atoms with Crippen LogP contribution in [0.4, 0.5) is 0 Å². The predicted octanol–water partition coefficient (Wildman–Crippen LogP) is 3.08. The molecule has 1 saturated heterocycles. The van der Waals surface area contributed by atoms with Crippen molar-refractivity contribution in [3.05, 3.63) is 35.4 Å². The third-order valence-corrected chi connectivity index (χ3v) is 4.99. The van der Waals surface area contributed by atoms with Crippen molar-refractivity contribution in [2.45, 2.75) is 44.7 Å². The summed E-state index contributed by atoms with van der Waals surface area (Å²) in [6.07, 6.45) is 5.38. The smallest absolute Gasteiger partial charge is 0.0991 e. The fraction of sp³-hybridized carbons (Fsp3) is 0.611. The Morgan fingerprint density at radius 1 is 1.19 bits per heavy atom. The minimum atomic E-state index is 0.446. The molecule has 3 heteroatoms. The Balaban J connectivity index is 1.49. The molecule has 21 heavy (non-hydrogen) atoms. The Kier molecular flexibility index (Phi) is 4.57. The van der Waals surface area contributed by atoms with Gasteiger partial charge >= 0.3 is 0 Å². The summed E-state index contributed by atoms with van der Waals surface area (Å²) in [6, 6.07) is 11.4. The summed E-state index contributed by atoms with van der Waals surface area (Å²) in [7, 11) is 0. The van der Waals surface area contributed by atoms with Crippen molar-refractivity contribution in [2.75, 3.05) is 19.6 Å². The highest BCUT2D eigenvalue weighted by molar-refractivity contribution is 5.32. The number of hydrogen-bond donors (Lipinski definition) is 1. The molecule has 1 N–H and O–H groups in total. The Morgan fingerprint density at radius 3 is 2.43 bits per heavy atom. The van der Waals surface area contributed by atoms with Gasteiger partial charge in [-0.25, -0.2) is 0 Å². The number of nitrogens with zero attached hydrogens (tertiary/aromatic N) is 2. The lowest BCUT2D eigenvalue weighted by Crippen LogP contribution is -2.43. The number of piperidine rings is 1. The zero-order chi connectivity index (χ0) is 14.7. The molecule has 2 aliphatic rings. The Hall–Kier alpha value is -1.37. The third-order valence-electron chi connectivity index (χ3n) is 4.99. The monoisotopic (exact) mass is 283 g/mol. The number of rotatable bonds is 5. The molecule has 1 heterocycles. The van der Waals surface area contributed by atoms with Crippen molar-refractivity contribution in [1.29, 1.82) is 5.26 Å². The summed E-state index contributed by atoms with van der Waals surface area (Å²) in [5, 5.41) is 12.6. The van der Waals surface area contributed by atoms with E-state index in [1.165, 1.54) is 50.9 Å². The molecule has 1 unspecified atom stereocenters. The van der Waals surface area contributed by atoms with Gasteiger partial charge in [0, 0.05) is 25.2 Å². The first kappa shape index (κ1) is 14.6. The number of benzene rings is 1. The van der Waals surface area contributed by atoms with Crippen LogP contribution in [0.2, 0.25) is 0 Å². The molecule has 3 rings (SSSR count). The maximum Gasteiger partial charge on any atom is 0.0991 e. The zero-order valence-electron chi connectivity index (χ0n) is 12.9. The molecule has 3 nitrogen and oxygen atoms in total. The van der Waals surface area contributed by atoms with Crippen LogP contribution in [-0.4, -0.2) is 30.6 Å². The summed E-state index contributed by atoms with van der Waals surface area (Å²) < 4.78 is 0. The van der Waals surface area contributed by atoms with Gasteiger partial charge in [-0.05, 0) is 62.8 Å². The number of hydrogen-bond acceptors (Lipinski definition) is 3. The van der Waals surface area contributed by atoms with E-state index in [1.54, 1.807) is 0 Å². The van der Waals surface area contributed by atoms with Crippen molar-refractivity contribution >= 4 is 0 Å². The van der Waals surface area contributed by atoms with Gasteiger partial charge in [0.05, 0.1) is 11.6 Å². The number of nitrogens with one attached hydrogen (secondary N) is 1. The molecule has 0 radical (unpaired) electrons. The fourth-order valence-corrected chi connectivity index (χ4v) is 3.19. The summed E-state index contributed by atoms with van der Waals surface area (Å²) >= 11 is 0. The van der Waals surface area contributed by atoms with Crippen LogP contribution in [0.3, 0.4) is 0 Å². The van der Waals surface area contributed by atoms with Crippen LogP contribution in [0.25, 0.3) is 0 Å². The van der Waals surface area contributed by atoms with Gasteiger partial charge < -0.3 is 5.32 Å². The second kappa shape index (κ2) is 6.60.